The molecule has 4 rings (SSSR count). The molecular weight excluding hydrogens is 484 g/mol. The average Bonchev–Trinajstić information content (AvgIpc) is 3.22. The Balaban J connectivity index is 1.62. The second-order valence-corrected chi connectivity index (χ2v) is 9.02. The minimum absolute atomic E-state index is 0.115. The summed E-state index contributed by atoms with van der Waals surface area (Å²) < 4.78 is 31.1. The van der Waals surface area contributed by atoms with E-state index in [9.17, 15) is 9.18 Å². The van der Waals surface area contributed by atoms with E-state index in [4.69, 9.17) is 42.8 Å². The zero-order chi connectivity index (χ0) is 24.6. The molecule has 0 bridgehead atoms. The van der Waals surface area contributed by atoms with Gasteiger partial charge in [0, 0.05) is 35.4 Å². The second kappa shape index (κ2) is 9.72. The molecule has 3 aromatic rings. The maximum atomic E-state index is 14.0. The largest absolute Gasteiger partial charge is 0.478 e. The topological polar surface area (TPSA) is 90.8 Å². The Morgan fingerprint density at radius 1 is 1.29 bits per heavy atom. The van der Waals surface area contributed by atoms with E-state index in [1.807, 2.05) is 19.9 Å². The van der Waals surface area contributed by atoms with Crippen molar-refractivity contribution in [3.8, 4) is 5.75 Å². The van der Waals surface area contributed by atoms with Crippen molar-refractivity contribution in [3.05, 3.63) is 57.7 Å². The molecule has 0 aliphatic carbocycles. The molecule has 3 heterocycles. The van der Waals surface area contributed by atoms with Crippen molar-refractivity contribution in [1.82, 2.24) is 9.88 Å². The number of rotatable bonds is 5. The zero-order valence-electron chi connectivity index (χ0n) is 18.9. The summed E-state index contributed by atoms with van der Waals surface area (Å²) in [5.41, 5.74) is 8.63. The van der Waals surface area contributed by atoms with Gasteiger partial charge in [0.25, 0.3) is 0 Å². The van der Waals surface area contributed by atoms with Crippen LogP contribution in [-0.4, -0.2) is 35.2 Å². The van der Waals surface area contributed by atoms with Gasteiger partial charge < -0.3 is 24.5 Å². The van der Waals surface area contributed by atoms with E-state index in [0.717, 1.165) is 11.1 Å². The van der Waals surface area contributed by atoms with Crippen molar-refractivity contribution in [2.45, 2.75) is 39.4 Å². The van der Waals surface area contributed by atoms with Crippen LogP contribution >= 0.6 is 23.2 Å². The fraction of sp³-hybridized carbons (Fsp3) is 0.333. The van der Waals surface area contributed by atoms with Gasteiger partial charge in [-0.2, -0.15) is 0 Å². The van der Waals surface area contributed by atoms with E-state index in [1.165, 1.54) is 12.1 Å². The number of ether oxygens (including phenoxy) is 2. The van der Waals surface area contributed by atoms with Crippen LogP contribution in [0.25, 0.3) is 16.5 Å². The van der Waals surface area contributed by atoms with Crippen LogP contribution in [0.4, 0.5) is 15.0 Å². The van der Waals surface area contributed by atoms with Crippen LogP contribution in [0.2, 0.25) is 10.0 Å². The molecule has 2 aromatic heterocycles. The first-order valence-corrected chi connectivity index (χ1v) is 11.5. The van der Waals surface area contributed by atoms with Gasteiger partial charge in [0.15, 0.2) is 11.4 Å². The lowest BCUT2D eigenvalue weighted by Gasteiger charge is -2.26. The summed E-state index contributed by atoms with van der Waals surface area (Å²) in [4.78, 5) is 18.1. The van der Waals surface area contributed by atoms with Crippen LogP contribution in [0.1, 0.15) is 44.4 Å². The summed E-state index contributed by atoms with van der Waals surface area (Å²) in [6.45, 7) is 6.26. The molecule has 1 amide bonds. The maximum absolute atomic E-state index is 14.0. The summed E-state index contributed by atoms with van der Waals surface area (Å²) in [6, 6.07) is 2.61. The Hall–Kier alpha value is -2.97. The first-order chi connectivity index (χ1) is 16.2. The van der Waals surface area contributed by atoms with Crippen molar-refractivity contribution in [2.75, 3.05) is 18.8 Å². The number of carbonyl (C=O) groups excluding carboxylic acids is 1. The molecule has 0 radical (unpaired) electrons. The summed E-state index contributed by atoms with van der Waals surface area (Å²) in [5.74, 6) is -0.271. The van der Waals surface area contributed by atoms with E-state index < -0.39 is 11.9 Å². The minimum atomic E-state index is -0.728. The number of pyridine rings is 1. The number of amides is 1. The van der Waals surface area contributed by atoms with Gasteiger partial charge in [0.2, 0.25) is 5.75 Å². The standard InChI is InChI=1S/C24H24Cl2FN3O4/c1-12(2)33-24(31)30-8-6-14(7-9-30)16-11-32-21-15(16)10-29-23(28)22(21)34-13(3)19-17(25)4-5-18(27)20(19)26/h4-6,10-13H,7-9H2,1-3H3,(H2,28,29)/t13-/m1/s1. The number of hydrogen-bond donors (Lipinski definition) is 1. The number of hydrogen-bond acceptors (Lipinski definition) is 6. The van der Waals surface area contributed by atoms with Crippen molar-refractivity contribution in [3.63, 3.8) is 0 Å². The van der Waals surface area contributed by atoms with E-state index in [0.29, 0.717) is 36.0 Å². The fourth-order valence-electron chi connectivity index (χ4n) is 3.85. The molecule has 1 aliphatic rings. The monoisotopic (exact) mass is 507 g/mol. The highest BCUT2D eigenvalue weighted by Gasteiger charge is 2.25. The first kappa shape index (κ1) is 24.2. The molecule has 180 valence electrons. The zero-order valence-corrected chi connectivity index (χ0v) is 20.4. The van der Waals surface area contributed by atoms with Crippen LogP contribution in [-0.2, 0) is 4.74 Å². The fourth-order valence-corrected chi connectivity index (χ4v) is 4.53. The minimum Gasteiger partial charge on any atom is -0.478 e. The molecule has 0 spiro atoms. The number of anilines is 1. The van der Waals surface area contributed by atoms with Crippen molar-refractivity contribution in [1.29, 1.82) is 0 Å². The molecule has 0 saturated carbocycles. The van der Waals surface area contributed by atoms with Gasteiger partial charge in [-0.05, 0) is 44.9 Å². The number of furan rings is 1. The molecule has 0 unspecified atom stereocenters. The number of aromatic nitrogens is 1. The third kappa shape index (κ3) is 4.65. The SMILES string of the molecule is CC(C)OC(=O)N1CC=C(c2coc3c(O[C@H](C)c4c(Cl)ccc(F)c4Cl)c(N)ncc23)CC1. The van der Waals surface area contributed by atoms with E-state index in [-0.39, 0.29) is 33.8 Å². The third-order valence-electron chi connectivity index (χ3n) is 5.53. The van der Waals surface area contributed by atoms with Crippen LogP contribution in [0.5, 0.6) is 5.75 Å². The van der Waals surface area contributed by atoms with Crippen molar-refractivity contribution in [2.24, 2.45) is 0 Å². The second-order valence-electron chi connectivity index (χ2n) is 8.24. The predicted molar refractivity (Wildman–Crippen MR) is 130 cm³/mol. The summed E-state index contributed by atoms with van der Waals surface area (Å²) in [5, 5.41) is 0.856. The Morgan fingerprint density at radius 2 is 2.06 bits per heavy atom. The highest BCUT2D eigenvalue weighted by Crippen LogP contribution is 2.41. The van der Waals surface area contributed by atoms with E-state index in [2.05, 4.69) is 4.98 Å². The Bertz CT molecular complexity index is 1270. The van der Waals surface area contributed by atoms with Gasteiger partial charge in [0.05, 0.1) is 22.8 Å². The highest BCUT2D eigenvalue weighted by atomic mass is 35.5. The number of benzene rings is 1. The number of nitrogen functional groups attached to an aromatic ring is 1. The van der Waals surface area contributed by atoms with Crippen LogP contribution in [0.15, 0.2) is 35.1 Å². The number of nitrogens with two attached hydrogens (primary N) is 1. The quantitative estimate of drug-likeness (QED) is 0.389. The third-order valence-corrected chi connectivity index (χ3v) is 6.25. The molecule has 1 aromatic carbocycles. The van der Waals surface area contributed by atoms with Gasteiger partial charge in [0.1, 0.15) is 11.9 Å². The van der Waals surface area contributed by atoms with E-state index >= 15 is 0 Å². The predicted octanol–water partition coefficient (Wildman–Crippen LogP) is 6.63. The molecule has 0 fully saturated rings. The Kier molecular flexibility index (Phi) is 6.91. The van der Waals surface area contributed by atoms with Gasteiger partial charge in [-0.3, -0.25) is 0 Å². The lowest BCUT2D eigenvalue weighted by Crippen LogP contribution is -2.36. The van der Waals surface area contributed by atoms with Crippen LogP contribution in [0, 0.1) is 5.82 Å². The van der Waals surface area contributed by atoms with Crippen molar-refractivity contribution >= 4 is 51.7 Å². The summed E-state index contributed by atoms with van der Waals surface area (Å²) >= 11 is 12.4. The Morgan fingerprint density at radius 3 is 2.74 bits per heavy atom. The number of carbonyl (C=O) groups is 1. The van der Waals surface area contributed by atoms with Gasteiger partial charge in [-0.25, -0.2) is 14.2 Å². The first-order valence-electron chi connectivity index (χ1n) is 10.8. The average molecular weight is 508 g/mol. The Labute approximate surface area is 206 Å². The summed E-state index contributed by atoms with van der Waals surface area (Å²) in [7, 11) is 0. The van der Waals surface area contributed by atoms with Crippen molar-refractivity contribution < 1.29 is 23.1 Å². The normalized spacial score (nSPS) is 14.9. The lowest BCUT2D eigenvalue weighted by atomic mass is 9.99. The molecule has 10 heteroatoms. The molecule has 2 N–H and O–H groups in total. The smallest absolute Gasteiger partial charge is 0.410 e. The van der Waals surface area contributed by atoms with Gasteiger partial charge in [-0.15, -0.1) is 0 Å². The number of fused-ring (bicyclic) bond motifs is 1. The molecular formula is C24H24Cl2FN3O4. The molecule has 34 heavy (non-hydrogen) atoms. The molecule has 7 nitrogen and oxygen atoms in total. The molecule has 1 aliphatic heterocycles. The van der Waals surface area contributed by atoms with Gasteiger partial charge in [-0.1, -0.05) is 29.3 Å². The number of halogens is 3. The maximum Gasteiger partial charge on any atom is 0.410 e. The van der Waals surface area contributed by atoms with Crippen LogP contribution in [0.3, 0.4) is 0 Å². The molecule has 1 atom stereocenters. The lowest BCUT2D eigenvalue weighted by molar-refractivity contribution is 0.0799. The van der Waals surface area contributed by atoms with E-state index in [1.54, 1.807) is 24.3 Å². The van der Waals surface area contributed by atoms with Gasteiger partial charge >= 0.3 is 6.09 Å². The van der Waals surface area contributed by atoms with Crippen LogP contribution < -0.4 is 10.5 Å². The highest BCUT2D eigenvalue weighted by molar-refractivity contribution is 6.36. The molecule has 0 saturated heterocycles. The summed E-state index contributed by atoms with van der Waals surface area (Å²) in [6.07, 6.45) is 4.56. The number of nitrogens with zero attached hydrogens (tertiary/aromatic N) is 2.